The third-order valence-electron chi connectivity index (χ3n) is 1.78. The van der Waals surface area contributed by atoms with E-state index in [9.17, 15) is 4.79 Å². The number of carbonyl (C=O) groups excluding carboxylic acids is 1. The molecule has 0 unspecified atom stereocenters. The number of rotatable bonds is 5. The fourth-order valence-corrected chi connectivity index (χ4v) is 1.13. The van der Waals surface area contributed by atoms with Crippen molar-refractivity contribution in [3.8, 4) is 0 Å². The number of nitrogens with two attached hydrogens (primary N) is 1. The summed E-state index contributed by atoms with van der Waals surface area (Å²) < 4.78 is 0. The van der Waals surface area contributed by atoms with E-state index in [1.54, 1.807) is 4.90 Å². The van der Waals surface area contributed by atoms with Gasteiger partial charge in [-0.25, -0.2) is 0 Å². The van der Waals surface area contributed by atoms with E-state index in [1.807, 2.05) is 20.8 Å². The zero-order chi connectivity index (χ0) is 11.1. The maximum atomic E-state index is 11.6. The van der Waals surface area contributed by atoms with Crippen molar-refractivity contribution < 1.29 is 10.0 Å². The molecule has 3 N–H and O–H groups in total. The Morgan fingerprint density at radius 3 is 2.50 bits per heavy atom. The third kappa shape index (κ3) is 4.11. The molecule has 1 amide bonds. The molecule has 0 aliphatic carbocycles. The molecular weight excluding hydrogens is 182 g/mol. The summed E-state index contributed by atoms with van der Waals surface area (Å²) in [5, 5.41) is 11.3. The van der Waals surface area contributed by atoms with E-state index in [-0.39, 0.29) is 24.2 Å². The van der Waals surface area contributed by atoms with Crippen molar-refractivity contribution in [3.63, 3.8) is 0 Å². The number of nitrogens with zero attached hydrogens (tertiary/aromatic N) is 2. The number of oxime groups is 1. The van der Waals surface area contributed by atoms with Crippen molar-refractivity contribution in [2.75, 3.05) is 13.1 Å². The van der Waals surface area contributed by atoms with Gasteiger partial charge in [0, 0.05) is 12.5 Å². The second kappa shape index (κ2) is 6.23. The summed E-state index contributed by atoms with van der Waals surface area (Å²) in [4.78, 5) is 13.2. The van der Waals surface area contributed by atoms with E-state index in [1.165, 1.54) is 0 Å². The van der Waals surface area contributed by atoms with Crippen molar-refractivity contribution in [3.05, 3.63) is 0 Å². The first kappa shape index (κ1) is 12.7. The van der Waals surface area contributed by atoms with Crippen molar-refractivity contribution in [2.24, 2.45) is 16.8 Å². The predicted octanol–water partition coefficient (Wildman–Crippen LogP) is 0.627. The van der Waals surface area contributed by atoms with Crippen molar-refractivity contribution in [1.29, 1.82) is 0 Å². The Labute approximate surface area is 84.6 Å². The summed E-state index contributed by atoms with van der Waals surface area (Å²) >= 11 is 0. The number of amides is 1. The highest BCUT2D eigenvalue weighted by molar-refractivity contribution is 5.87. The summed E-state index contributed by atoms with van der Waals surface area (Å²) in [6.07, 6.45) is 0.858. The molecule has 0 fully saturated rings. The molecule has 0 heterocycles. The molecule has 0 atom stereocenters. The Balaban J connectivity index is 4.36. The van der Waals surface area contributed by atoms with Crippen LogP contribution in [0.15, 0.2) is 5.16 Å². The van der Waals surface area contributed by atoms with Gasteiger partial charge in [-0.15, -0.1) is 0 Å². The minimum Gasteiger partial charge on any atom is -0.409 e. The van der Waals surface area contributed by atoms with Crippen molar-refractivity contribution in [2.45, 2.75) is 27.2 Å². The van der Waals surface area contributed by atoms with Gasteiger partial charge in [0.1, 0.15) is 0 Å². The van der Waals surface area contributed by atoms with Crippen LogP contribution in [0.5, 0.6) is 0 Å². The van der Waals surface area contributed by atoms with Gasteiger partial charge in [0.25, 0.3) is 0 Å². The van der Waals surface area contributed by atoms with Crippen molar-refractivity contribution in [1.82, 2.24) is 4.90 Å². The highest BCUT2D eigenvalue weighted by atomic mass is 16.4. The Bertz CT molecular complexity index is 214. The van der Waals surface area contributed by atoms with Crippen LogP contribution in [0.2, 0.25) is 0 Å². The number of hydrogen-bond acceptors (Lipinski definition) is 3. The topological polar surface area (TPSA) is 78.9 Å². The number of hydrogen-bond donors (Lipinski definition) is 2. The van der Waals surface area contributed by atoms with Gasteiger partial charge in [0.2, 0.25) is 5.91 Å². The molecule has 0 aromatic rings. The van der Waals surface area contributed by atoms with Crippen LogP contribution in [0.3, 0.4) is 0 Å². The van der Waals surface area contributed by atoms with E-state index in [4.69, 9.17) is 10.9 Å². The maximum Gasteiger partial charge on any atom is 0.225 e. The zero-order valence-corrected chi connectivity index (χ0v) is 9.03. The minimum absolute atomic E-state index is 0.0263. The Hall–Kier alpha value is -1.26. The van der Waals surface area contributed by atoms with Crippen LogP contribution in [0.25, 0.3) is 0 Å². The fourth-order valence-electron chi connectivity index (χ4n) is 1.13. The van der Waals surface area contributed by atoms with Crippen molar-refractivity contribution >= 4 is 11.7 Å². The second-order valence-electron chi connectivity index (χ2n) is 3.51. The molecule has 5 nitrogen and oxygen atoms in total. The smallest absolute Gasteiger partial charge is 0.225 e. The molecule has 0 bridgehead atoms. The van der Waals surface area contributed by atoms with E-state index in [0.717, 1.165) is 6.42 Å². The number of amidine groups is 1. The molecule has 0 aliphatic heterocycles. The second-order valence-corrected chi connectivity index (χ2v) is 3.51. The highest BCUT2D eigenvalue weighted by Gasteiger charge is 2.17. The Kier molecular flexibility index (Phi) is 5.67. The Morgan fingerprint density at radius 2 is 2.14 bits per heavy atom. The lowest BCUT2D eigenvalue weighted by Gasteiger charge is -2.23. The van der Waals surface area contributed by atoms with Crippen LogP contribution in [-0.2, 0) is 4.79 Å². The van der Waals surface area contributed by atoms with Crippen LogP contribution < -0.4 is 5.73 Å². The van der Waals surface area contributed by atoms with Gasteiger partial charge >= 0.3 is 0 Å². The normalized spacial score (nSPS) is 11.9. The summed E-state index contributed by atoms with van der Waals surface area (Å²) in [6.45, 7) is 6.47. The summed E-state index contributed by atoms with van der Waals surface area (Å²) in [5.41, 5.74) is 5.35. The van der Waals surface area contributed by atoms with Gasteiger partial charge in [0.15, 0.2) is 5.84 Å². The summed E-state index contributed by atoms with van der Waals surface area (Å²) in [7, 11) is 0. The Morgan fingerprint density at radius 1 is 1.57 bits per heavy atom. The third-order valence-corrected chi connectivity index (χ3v) is 1.78. The average Bonchev–Trinajstić information content (AvgIpc) is 2.15. The predicted molar refractivity (Wildman–Crippen MR) is 55.1 cm³/mol. The van der Waals surface area contributed by atoms with Crippen LogP contribution in [0.4, 0.5) is 0 Å². The molecule has 0 spiro atoms. The van der Waals surface area contributed by atoms with E-state index in [0.29, 0.717) is 6.54 Å². The first-order chi connectivity index (χ1) is 6.52. The largest absolute Gasteiger partial charge is 0.409 e. The molecular formula is C9H19N3O2. The lowest BCUT2D eigenvalue weighted by atomic mass is 10.2. The molecule has 0 rings (SSSR count). The van der Waals surface area contributed by atoms with Gasteiger partial charge in [-0.3, -0.25) is 4.79 Å². The van der Waals surface area contributed by atoms with E-state index < -0.39 is 0 Å². The molecule has 5 heteroatoms. The molecule has 0 radical (unpaired) electrons. The molecule has 82 valence electrons. The zero-order valence-electron chi connectivity index (χ0n) is 9.03. The van der Waals surface area contributed by atoms with Crippen LogP contribution >= 0.6 is 0 Å². The molecule has 0 saturated carbocycles. The first-order valence-electron chi connectivity index (χ1n) is 4.78. The SMILES string of the molecule is CCCN(CC(N)=NO)C(=O)C(C)C. The molecule has 0 aromatic carbocycles. The van der Waals surface area contributed by atoms with Gasteiger partial charge in [0.05, 0.1) is 6.54 Å². The van der Waals surface area contributed by atoms with Crippen LogP contribution in [0.1, 0.15) is 27.2 Å². The van der Waals surface area contributed by atoms with Gasteiger partial charge < -0.3 is 15.8 Å². The minimum atomic E-state index is -0.0620. The molecule has 0 aliphatic rings. The standard InChI is InChI=1S/C9H19N3O2/c1-4-5-12(6-8(10)11-14)9(13)7(2)3/h7,14H,4-6H2,1-3H3,(H2,10,11). The van der Waals surface area contributed by atoms with E-state index in [2.05, 4.69) is 5.16 Å². The first-order valence-corrected chi connectivity index (χ1v) is 4.78. The highest BCUT2D eigenvalue weighted by Crippen LogP contribution is 2.02. The average molecular weight is 201 g/mol. The quantitative estimate of drug-likeness (QED) is 0.296. The summed E-state index contributed by atoms with van der Waals surface area (Å²) in [6, 6.07) is 0. The lowest BCUT2D eigenvalue weighted by molar-refractivity contribution is -0.133. The molecule has 0 aromatic heterocycles. The van der Waals surface area contributed by atoms with E-state index >= 15 is 0 Å². The maximum absolute atomic E-state index is 11.6. The monoisotopic (exact) mass is 201 g/mol. The summed E-state index contributed by atoms with van der Waals surface area (Å²) in [5.74, 6) is 0.0268. The fraction of sp³-hybridized carbons (Fsp3) is 0.778. The lowest BCUT2D eigenvalue weighted by Crippen LogP contribution is -2.41. The molecule has 0 saturated heterocycles. The van der Waals surface area contributed by atoms with Gasteiger partial charge in [-0.1, -0.05) is 25.9 Å². The van der Waals surface area contributed by atoms with Crippen LogP contribution in [-0.4, -0.2) is 34.9 Å². The van der Waals surface area contributed by atoms with Gasteiger partial charge in [-0.2, -0.15) is 0 Å². The molecule has 14 heavy (non-hydrogen) atoms. The van der Waals surface area contributed by atoms with Crippen LogP contribution in [0, 0.1) is 5.92 Å². The number of carbonyl (C=O) groups is 1. The van der Waals surface area contributed by atoms with Gasteiger partial charge in [-0.05, 0) is 6.42 Å².